The predicted octanol–water partition coefficient (Wildman–Crippen LogP) is 2.33. The van der Waals surface area contributed by atoms with Gasteiger partial charge in [-0.3, -0.25) is 4.79 Å². The molecule has 2 atom stereocenters. The minimum Gasteiger partial charge on any atom is -0.314 e. The van der Waals surface area contributed by atoms with E-state index in [1.807, 2.05) is 0 Å². The highest BCUT2D eigenvalue weighted by atomic mass is 19.1. The van der Waals surface area contributed by atoms with Gasteiger partial charge in [0.15, 0.2) is 0 Å². The van der Waals surface area contributed by atoms with E-state index >= 15 is 0 Å². The molecule has 0 radical (unpaired) electrons. The first-order valence-electron chi connectivity index (χ1n) is 6.16. The van der Waals surface area contributed by atoms with E-state index in [-0.39, 0.29) is 23.9 Å². The van der Waals surface area contributed by atoms with Crippen LogP contribution in [0.4, 0.5) is 4.39 Å². The quantitative estimate of drug-likeness (QED) is 0.871. The Morgan fingerprint density at radius 2 is 2.24 bits per heavy atom. The number of halogens is 1. The van der Waals surface area contributed by atoms with E-state index in [1.54, 1.807) is 18.2 Å². The van der Waals surface area contributed by atoms with Crippen molar-refractivity contribution in [3.8, 4) is 0 Å². The SMILES string of the molecule is C[C@H]1C[C@H](C(=O)Cc2ccccc2F)CCN1. The van der Waals surface area contributed by atoms with Gasteiger partial charge in [0.25, 0.3) is 0 Å². The molecule has 17 heavy (non-hydrogen) atoms. The van der Waals surface area contributed by atoms with Crippen molar-refractivity contribution < 1.29 is 9.18 Å². The predicted molar refractivity (Wildman–Crippen MR) is 65.3 cm³/mol. The molecule has 0 bridgehead atoms. The Hall–Kier alpha value is -1.22. The lowest BCUT2D eigenvalue weighted by atomic mass is 9.87. The van der Waals surface area contributed by atoms with Crippen molar-refractivity contribution in [2.24, 2.45) is 5.92 Å². The number of carbonyl (C=O) groups excluding carboxylic acids is 1. The second-order valence-corrected chi connectivity index (χ2v) is 4.81. The fourth-order valence-electron chi connectivity index (χ4n) is 2.40. The molecule has 1 N–H and O–H groups in total. The third kappa shape index (κ3) is 3.13. The smallest absolute Gasteiger partial charge is 0.140 e. The Labute approximate surface area is 101 Å². The summed E-state index contributed by atoms with van der Waals surface area (Å²) in [7, 11) is 0. The zero-order chi connectivity index (χ0) is 12.3. The van der Waals surface area contributed by atoms with E-state index in [0.29, 0.717) is 11.6 Å². The van der Waals surface area contributed by atoms with Crippen molar-refractivity contribution in [1.82, 2.24) is 5.32 Å². The number of Topliss-reactive ketones (excluding diaryl/α,β-unsaturated/α-hetero) is 1. The van der Waals surface area contributed by atoms with Crippen LogP contribution in [0.15, 0.2) is 24.3 Å². The molecule has 1 saturated heterocycles. The average molecular weight is 235 g/mol. The summed E-state index contributed by atoms with van der Waals surface area (Å²) in [5, 5.41) is 3.32. The van der Waals surface area contributed by atoms with Crippen LogP contribution in [0.3, 0.4) is 0 Å². The van der Waals surface area contributed by atoms with Crippen molar-refractivity contribution in [3.63, 3.8) is 0 Å². The first-order valence-corrected chi connectivity index (χ1v) is 6.16. The Balaban J connectivity index is 1.99. The topological polar surface area (TPSA) is 29.1 Å². The number of nitrogens with one attached hydrogen (secondary N) is 1. The van der Waals surface area contributed by atoms with Gasteiger partial charge in [0.1, 0.15) is 11.6 Å². The molecule has 0 aliphatic carbocycles. The van der Waals surface area contributed by atoms with E-state index in [1.165, 1.54) is 6.07 Å². The van der Waals surface area contributed by atoms with Gasteiger partial charge in [-0.15, -0.1) is 0 Å². The molecule has 1 aliphatic rings. The molecule has 92 valence electrons. The summed E-state index contributed by atoms with van der Waals surface area (Å²) in [6, 6.07) is 6.91. The summed E-state index contributed by atoms with van der Waals surface area (Å²) in [6.45, 7) is 2.97. The molecule has 0 spiro atoms. The third-order valence-corrected chi connectivity index (χ3v) is 3.40. The lowest BCUT2D eigenvalue weighted by Crippen LogP contribution is -2.38. The number of hydrogen-bond acceptors (Lipinski definition) is 2. The lowest BCUT2D eigenvalue weighted by molar-refractivity contribution is -0.123. The minimum atomic E-state index is -0.275. The number of hydrogen-bond donors (Lipinski definition) is 1. The van der Waals surface area contributed by atoms with Crippen LogP contribution in [-0.4, -0.2) is 18.4 Å². The molecule has 1 heterocycles. The highest BCUT2D eigenvalue weighted by molar-refractivity contribution is 5.83. The molecule has 0 saturated carbocycles. The summed E-state index contributed by atoms with van der Waals surface area (Å²) in [5.74, 6) is -0.0165. The molecule has 0 unspecified atom stereocenters. The molecule has 1 fully saturated rings. The molecular formula is C14H18FNO. The Kier molecular flexibility index (Phi) is 3.89. The first kappa shape index (κ1) is 12.2. The van der Waals surface area contributed by atoms with E-state index in [0.717, 1.165) is 19.4 Å². The molecule has 1 aliphatic heterocycles. The number of ketones is 1. The Morgan fingerprint density at radius 1 is 1.47 bits per heavy atom. The zero-order valence-electron chi connectivity index (χ0n) is 10.1. The normalized spacial score (nSPS) is 24.6. The van der Waals surface area contributed by atoms with E-state index in [2.05, 4.69) is 12.2 Å². The number of benzene rings is 1. The summed E-state index contributed by atoms with van der Waals surface area (Å²) >= 11 is 0. The van der Waals surface area contributed by atoms with Crippen molar-refractivity contribution in [3.05, 3.63) is 35.6 Å². The highest BCUT2D eigenvalue weighted by Gasteiger charge is 2.24. The molecule has 1 aromatic rings. The molecule has 1 aromatic carbocycles. The van der Waals surface area contributed by atoms with Crippen LogP contribution in [0.2, 0.25) is 0 Å². The maximum atomic E-state index is 13.4. The maximum absolute atomic E-state index is 13.4. The average Bonchev–Trinajstić information content (AvgIpc) is 2.32. The van der Waals surface area contributed by atoms with Crippen LogP contribution in [0.5, 0.6) is 0 Å². The van der Waals surface area contributed by atoms with Gasteiger partial charge in [-0.05, 0) is 37.9 Å². The van der Waals surface area contributed by atoms with E-state index in [9.17, 15) is 9.18 Å². The summed E-state index contributed by atoms with van der Waals surface area (Å²) < 4.78 is 13.4. The van der Waals surface area contributed by atoms with Crippen molar-refractivity contribution in [2.75, 3.05) is 6.54 Å². The lowest BCUT2D eigenvalue weighted by Gasteiger charge is -2.27. The van der Waals surface area contributed by atoms with Gasteiger partial charge in [0, 0.05) is 18.4 Å². The number of rotatable bonds is 3. The standard InChI is InChI=1S/C14H18FNO/c1-10-8-12(6-7-16-10)14(17)9-11-4-2-3-5-13(11)15/h2-5,10,12,16H,6-9H2,1H3/t10-,12+/m0/s1. The van der Waals surface area contributed by atoms with Crippen molar-refractivity contribution >= 4 is 5.78 Å². The van der Waals surface area contributed by atoms with Gasteiger partial charge >= 0.3 is 0 Å². The van der Waals surface area contributed by atoms with Crippen LogP contribution in [-0.2, 0) is 11.2 Å². The third-order valence-electron chi connectivity index (χ3n) is 3.40. The van der Waals surface area contributed by atoms with Crippen LogP contribution in [0.1, 0.15) is 25.3 Å². The minimum absolute atomic E-state index is 0.0888. The number of piperidine rings is 1. The largest absolute Gasteiger partial charge is 0.314 e. The van der Waals surface area contributed by atoms with Crippen molar-refractivity contribution in [1.29, 1.82) is 0 Å². The zero-order valence-corrected chi connectivity index (χ0v) is 10.1. The fraction of sp³-hybridized carbons (Fsp3) is 0.500. The van der Waals surface area contributed by atoms with Crippen molar-refractivity contribution in [2.45, 2.75) is 32.2 Å². The molecule has 0 aromatic heterocycles. The van der Waals surface area contributed by atoms with Crippen LogP contribution in [0, 0.1) is 11.7 Å². The molecule has 0 amide bonds. The van der Waals surface area contributed by atoms with Crippen LogP contribution in [0.25, 0.3) is 0 Å². The molecule has 3 heteroatoms. The van der Waals surface area contributed by atoms with E-state index in [4.69, 9.17) is 0 Å². The van der Waals surface area contributed by atoms with Gasteiger partial charge in [0.2, 0.25) is 0 Å². The summed E-state index contributed by atoms with van der Waals surface area (Å²) in [6.07, 6.45) is 1.97. The fourth-order valence-corrected chi connectivity index (χ4v) is 2.40. The highest BCUT2D eigenvalue weighted by Crippen LogP contribution is 2.19. The molecule has 2 nitrogen and oxygen atoms in total. The molecular weight excluding hydrogens is 217 g/mol. The van der Waals surface area contributed by atoms with E-state index < -0.39 is 0 Å². The van der Waals surface area contributed by atoms with Gasteiger partial charge in [-0.2, -0.15) is 0 Å². The molecule has 2 rings (SSSR count). The van der Waals surface area contributed by atoms with Gasteiger partial charge in [-0.25, -0.2) is 4.39 Å². The maximum Gasteiger partial charge on any atom is 0.140 e. The number of carbonyl (C=O) groups is 1. The van der Waals surface area contributed by atoms with Gasteiger partial charge in [0.05, 0.1) is 0 Å². The summed E-state index contributed by atoms with van der Waals surface area (Å²) in [5.41, 5.74) is 0.517. The van der Waals surface area contributed by atoms with Crippen LogP contribution < -0.4 is 5.32 Å². The summed E-state index contributed by atoms with van der Waals surface area (Å²) in [4.78, 5) is 12.1. The monoisotopic (exact) mass is 235 g/mol. The second-order valence-electron chi connectivity index (χ2n) is 4.81. The first-order chi connectivity index (χ1) is 8.16. The van der Waals surface area contributed by atoms with Gasteiger partial charge in [-0.1, -0.05) is 18.2 Å². The second kappa shape index (κ2) is 5.41. The Morgan fingerprint density at radius 3 is 2.94 bits per heavy atom. The van der Waals surface area contributed by atoms with Gasteiger partial charge < -0.3 is 5.32 Å². The Bertz CT molecular complexity index is 405. The van der Waals surface area contributed by atoms with Crippen LogP contribution >= 0.6 is 0 Å².